The lowest BCUT2D eigenvalue weighted by molar-refractivity contribution is -0.136. The number of hydrogen-bond donors (Lipinski definition) is 1. The molecule has 2 nitrogen and oxygen atoms in total. The molecule has 1 fully saturated rings. The van der Waals surface area contributed by atoms with E-state index in [1.165, 1.54) is 6.42 Å². The fourth-order valence-corrected chi connectivity index (χ4v) is 2.47. The summed E-state index contributed by atoms with van der Waals surface area (Å²) in [6.45, 7) is 7.55. The van der Waals surface area contributed by atoms with Gasteiger partial charge in [-0.1, -0.05) is 13.8 Å². The second-order valence-corrected chi connectivity index (χ2v) is 5.03. The molecule has 1 heterocycles. The second-order valence-electron chi connectivity index (χ2n) is 4.58. The zero-order valence-electron chi connectivity index (χ0n) is 9.36. The number of piperidine rings is 1. The van der Waals surface area contributed by atoms with Gasteiger partial charge < -0.3 is 4.90 Å². The quantitative estimate of drug-likeness (QED) is 0.700. The number of carbonyl (C=O) groups is 1. The molecule has 1 amide bonds. The van der Waals surface area contributed by atoms with Crippen molar-refractivity contribution < 1.29 is 4.79 Å². The molecule has 0 aromatic heterocycles. The maximum atomic E-state index is 11.8. The zero-order valence-corrected chi connectivity index (χ0v) is 10.3. The molecule has 0 aliphatic carbocycles. The van der Waals surface area contributed by atoms with Crippen LogP contribution in [0.5, 0.6) is 0 Å². The standard InChI is InChI=1S/C11H21NOS/c1-8-6-9(2)10(3)12(7-8)11(13)4-5-14/h8-10,14H,4-7H2,1-3H3. The predicted molar refractivity (Wildman–Crippen MR) is 62.6 cm³/mol. The Labute approximate surface area is 92.5 Å². The van der Waals surface area contributed by atoms with Crippen LogP contribution in [0.25, 0.3) is 0 Å². The lowest BCUT2D eigenvalue weighted by Gasteiger charge is -2.41. The van der Waals surface area contributed by atoms with E-state index < -0.39 is 0 Å². The van der Waals surface area contributed by atoms with Crippen molar-refractivity contribution in [2.24, 2.45) is 11.8 Å². The average Bonchev–Trinajstić information content (AvgIpc) is 2.11. The molecule has 0 saturated carbocycles. The summed E-state index contributed by atoms with van der Waals surface area (Å²) in [6, 6.07) is 0.401. The number of hydrogen-bond acceptors (Lipinski definition) is 2. The van der Waals surface area contributed by atoms with Crippen LogP contribution in [0.15, 0.2) is 0 Å². The fraction of sp³-hybridized carbons (Fsp3) is 0.909. The maximum absolute atomic E-state index is 11.8. The molecule has 1 saturated heterocycles. The minimum absolute atomic E-state index is 0.269. The predicted octanol–water partition coefficient (Wildman–Crippen LogP) is 2.20. The highest BCUT2D eigenvalue weighted by atomic mass is 32.1. The zero-order chi connectivity index (χ0) is 10.7. The third kappa shape index (κ3) is 2.66. The number of nitrogens with zero attached hydrogens (tertiary/aromatic N) is 1. The Hall–Kier alpha value is -0.180. The highest BCUT2D eigenvalue weighted by Gasteiger charge is 2.31. The van der Waals surface area contributed by atoms with Crippen LogP contribution in [-0.2, 0) is 4.79 Å². The fourth-order valence-electron chi connectivity index (χ4n) is 2.28. The Balaban J connectivity index is 2.61. The summed E-state index contributed by atoms with van der Waals surface area (Å²) in [6.07, 6.45) is 1.82. The van der Waals surface area contributed by atoms with E-state index in [1.807, 2.05) is 4.90 Å². The van der Waals surface area contributed by atoms with Crippen LogP contribution in [0.1, 0.15) is 33.6 Å². The van der Waals surface area contributed by atoms with Crippen molar-refractivity contribution in [3.05, 3.63) is 0 Å². The third-order valence-corrected chi connectivity index (χ3v) is 3.47. The highest BCUT2D eigenvalue weighted by Crippen LogP contribution is 2.27. The van der Waals surface area contributed by atoms with Crippen molar-refractivity contribution in [3.63, 3.8) is 0 Å². The first-order valence-electron chi connectivity index (χ1n) is 5.46. The first-order chi connectivity index (χ1) is 6.56. The van der Waals surface area contributed by atoms with E-state index >= 15 is 0 Å². The summed E-state index contributed by atoms with van der Waals surface area (Å²) < 4.78 is 0. The van der Waals surface area contributed by atoms with E-state index in [2.05, 4.69) is 33.4 Å². The van der Waals surface area contributed by atoms with Crippen molar-refractivity contribution in [2.75, 3.05) is 12.3 Å². The average molecular weight is 215 g/mol. The second kappa shape index (κ2) is 5.06. The van der Waals surface area contributed by atoms with Crippen LogP contribution in [0, 0.1) is 11.8 Å². The van der Waals surface area contributed by atoms with Gasteiger partial charge in [-0.25, -0.2) is 0 Å². The van der Waals surface area contributed by atoms with Gasteiger partial charge in [-0.15, -0.1) is 0 Å². The Bertz CT molecular complexity index is 207. The van der Waals surface area contributed by atoms with E-state index in [0.717, 1.165) is 6.54 Å². The van der Waals surface area contributed by atoms with Crippen molar-refractivity contribution in [2.45, 2.75) is 39.7 Å². The first kappa shape index (κ1) is 11.9. The van der Waals surface area contributed by atoms with Gasteiger partial charge in [0.1, 0.15) is 0 Å². The largest absolute Gasteiger partial charge is 0.339 e. The van der Waals surface area contributed by atoms with Gasteiger partial charge in [-0.3, -0.25) is 4.79 Å². The van der Waals surface area contributed by atoms with E-state index in [1.54, 1.807) is 0 Å². The molecule has 0 N–H and O–H groups in total. The van der Waals surface area contributed by atoms with Gasteiger partial charge in [-0.05, 0) is 30.9 Å². The molecule has 82 valence electrons. The summed E-state index contributed by atoms with van der Waals surface area (Å²) in [7, 11) is 0. The summed E-state index contributed by atoms with van der Waals surface area (Å²) in [5, 5.41) is 0. The molecule has 3 unspecified atom stereocenters. The number of carbonyl (C=O) groups excluding carboxylic acids is 1. The number of rotatable bonds is 2. The Kier molecular flexibility index (Phi) is 4.30. The molecule has 1 rings (SSSR count). The van der Waals surface area contributed by atoms with Gasteiger partial charge in [0.15, 0.2) is 0 Å². The van der Waals surface area contributed by atoms with Crippen molar-refractivity contribution in [3.8, 4) is 0 Å². The minimum atomic E-state index is 0.269. The van der Waals surface area contributed by atoms with Gasteiger partial charge in [0.2, 0.25) is 5.91 Å². The molecule has 0 bridgehead atoms. The van der Waals surface area contributed by atoms with Crippen LogP contribution in [0.4, 0.5) is 0 Å². The van der Waals surface area contributed by atoms with Gasteiger partial charge in [-0.2, -0.15) is 12.6 Å². The van der Waals surface area contributed by atoms with Gasteiger partial charge in [0.05, 0.1) is 0 Å². The van der Waals surface area contributed by atoms with Crippen LogP contribution < -0.4 is 0 Å². The smallest absolute Gasteiger partial charge is 0.223 e. The van der Waals surface area contributed by atoms with Crippen molar-refractivity contribution in [1.29, 1.82) is 0 Å². The van der Waals surface area contributed by atoms with Crippen LogP contribution in [-0.4, -0.2) is 29.1 Å². The lowest BCUT2D eigenvalue weighted by atomic mass is 9.86. The van der Waals surface area contributed by atoms with Crippen LogP contribution in [0.2, 0.25) is 0 Å². The topological polar surface area (TPSA) is 20.3 Å². The Morgan fingerprint density at radius 1 is 1.43 bits per heavy atom. The molecular weight excluding hydrogens is 194 g/mol. The van der Waals surface area contributed by atoms with Crippen LogP contribution in [0.3, 0.4) is 0 Å². The summed E-state index contributed by atoms with van der Waals surface area (Å²) >= 11 is 4.11. The molecule has 0 aromatic rings. The SMILES string of the molecule is CC1CC(C)C(C)N(C(=O)CCS)C1. The summed E-state index contributed by atoms with van der Waals surface area (Å²) in [5.74, 6) is 2.20. The molecule has 1 aliphatic heterocycles. The Morgan fingerprint density at radius 3 is 2.64 bits per heavy atom. The highest BCUT2D eigenvalue weighted by molar-refractivity contribution is 7.80. The van der Waals surface area contributed by atoms with Crippen molar-refractivity contribution in [1.82, 2.24) is 4.90 Å². The first-order valence-corrected chi connectivity index (χ1v) is 6.09. The molecule has 14 heavy (non-hydrogen) atoms. The Morgan fingerprint density at radius 2 is 2.07 bits per heavy atom. The number of amides is 1. The van der Waals surface area contributed by atoms with E-state index in [-0.39, 0.29) is 5.91 Å². The summed E-state index contributed by atoms with van der Waals surface area (Å²) in [5.41, 5.74) is 0. The monoisotopic (exact) mass is 215 g/mol. The molecule has 0 spiro atoms. The minimum Gasteiger partial charge on any atom is -0.339 e. The molecule has 3 heteroatoms. The normalized spacial score (nSPS) is 33.1. The molecule has 0 aromatic carbocycles. The molecule has 1 aliphatic rings. The van der Waals surface area contributed by atoms with Gasteiger partial charge in [0.25, 0.3) is 0 Å². The van der Waals surface area contributed by atoms with E-state index in [9.17, 15) is 4.79 Å². The van der Waals surface area contributed by atoms with Crippen LogP contribution >= 0.6 is 12.6 Å². The number of thiol groups is 1. The number of likely N-dealkylation sites (tertiary alicyclic amines) is 1. The van der Waals surface area contributed by atoms with E-state index in [4.69, 9.17) is 0 Å². The maximum Gasteiger partial charge on any atom is 0.223 e. The summed E-state index contributed by atoms with van der Waals surface area (Å²) in [4.78, 5) is 13.8. The molecular formula is C11H21NOS. The molecule has 3 atom stereocenters. The van der Waals surface area contributed by atoms with E-state index in [0.29, 0.717) is 30.1 Å². The third-order valence-electron chi connectivity index (χ3n) is 3.24. The van der Waals surface area contributed by atoms with Gasteiger partial charge >= 0.3 is 0 Å². The lowest BCUT2D eigenvalue weighted by Crippen LogP contribution is -2.48. The molecule has 0 radical (unpaired) electrons. The van der Waals surface area contributed by atoms with Gasteiger partial charge in [0, 0.05) is 19.0 Å². The van der Waals surface area contributed by atoms with Crippen molar-refractivity contribution >= 4 is 18.5 Å².